The molecule has 0 radical (unpaired) electrons. The lowest BCUT2D eigenvalue weighted by atomic mass is 9.90. The van der Waals surface area contributed by atoms with Crippen molar-refractivity contribution >= 4 is 0 Å². The second-order valence-electron chi connectivity index (χ2n) is 5.50. The minimum absolute atomic E-state index is 0.0368. The molecule has 2 heterocycles. The van der Waals surface area contributed by atoms with E-state index >= 15 is 0 Å². The SMILES string of the molecule is Cn1cc(C2OC(C)(C)C(C)(C)O2)ccc1=O. The van der Waals surface area contributed by atoms with Gasteiger partial charge in [-0.25, -0.2) is 0 Å². The third kappa shape index (κ3) is 2.03. The summed E-state index contributed by atoms with van der Waals surface area (Å²) in [6, 6.07) is 3.28. The van der Waals surface area contributed by atoms with Crippen molar-refractivity contribution in [2.45, 2.75) is 45.2 Å². The van der Waals surface area contributed by atoms with Gasteiger partial charge in [0.15, 0.2) is 6.29 Å². The van der Waals surface area contributed by atoms with Gasteiger partial charge in [-0.3, -0.25) is 4.79 Å². The zero-order chi connectivity index (χ0) is 12.8. The van der Waals surface area contributed by atoms with Gasteiger partial charge in [0, 0.05) is 24.9 Å². The summed E-state index contributed by atoms with van der Waals surface area (Å²) in [7, 11) is 1.72. The summed E-state index contributed by atoms with van der Waals surface area (Å²) in [5.74, 6) is 0. The Labute approximate surface area is 101 Å². The number of pyridine rings is 1. The van der Waals surface area contributed by atoms with Crippen molar-refractivity contribution in [1.29, 1.82) is 0 Å². The van der Waals surface area contributed by atoms with E-state index in [-0.39, 0.29) is 16.8 Å². The molecule has 1 aromatic heterocycles. The van der Waals surface area contributed by atoms with Crippen molar-refractivity contribution in [2.75, 3.05) is 0 Å². The number of hydrogen-bond donors (Lipinski definition) is 0. The molecule has 1 aliphatic rings. The third-order valence-corrected chi connectivity index (χ3v) is 3.63. The van der Waals surface area contributed by atoms with Gasteiger partial charge in [0.1, 0.15) is 0 Å². The van der Waals surface area contributed by atoms with Gasteiger partial charge in [0.05, 0.1) is 11.2 Å². The highest BCUT2D eigenvalue weighted by Crippen LogP contribution is 2.44. The summed E-state index contributed by atoms with van der Waals surface area (Å²) in [5, 5.41) is 0. The van der Waals surface area contributed by atoms with E-state index in [4.69, 9.17) is 9.47 Å². The summed E-state index contributed by atoms with van der Waals surface area (Å²) in [6.45, 7) is 8.04. The zero-order valence-corrected chi connectivity index (χ0v) is 11.0. The molecule has 1 aromatic rings. The predicted molar refractivity (Wildman–Crippen MR) is 64.8 cm³/mol. The molecule has 0 unspecified atom stereocenters. The molecule has 0 N–H and O–H groups in total. The van der Waals surface area contributed by atoms with E-state index in [9.17, 15) is 4.79 Å². The maximum absolute atomic E-state index is 11.3. The van der Waals surface area contributed by atoms with Gasteiger partial charge in [0.25, 0.3) is 0 Å². The molecule has 0 aromatic carbocycles. The first-order valence-electron chi connectivity index (χ1n) is 5.75. The first-order valence-corrected chi connectivity index (χ1v) is 5.75. The second kappa shape index (κ2) is 3.68. The van der Waals surface area contributed by atoms with Gasteiger partial charge in [-0.2, -0.15) is 0 Å². The van der Waals surface area contributed by atoms with Crippen LogP contribution in [0, 0.1) is 0 Å². The van der Waals surface area contributed by atoms with Gasteiger partial charge in [-0.1, -0.05) is 0 Å². The van der Waals surface area contributed by atoms with Crippen molar-refractivity contribution in [3.63, 3.8) is 0 Å². The van der Waals surface area contributed by atoms with Crippen LogP contribution in [-0.2, 0) is 16.5 Å². The third-order valence-electron chi connectivity index (χ3n) is 3.63. The lowest BCUT2D eigenvalue weighted by Crippen LogP contribution is -2.41. The number of ether oxygens (including phenoxy) is 2. The molecule has 1 fully saturated rings. The van der Waals surface area contributed by atoms with Crippen molar-refractivity contribution in [3.05, 3.63) is 34.2 Å². The van der Waals surface area contributed by atoms with E-state index in [1.165, 1.54) is 10.6 Å². The molecule has 0 saturated carbocycles. The van der Waals surface area contributed by atoms with Crippen molar-refractivity contribution in [1.82, 2.24) is 4.57 Å². The summed E-state index contributed by atoms with van der Waals surface area (Å²) in [6.07, 6.45) is 1.34. The molecular weight excluding hydrogens is 218 g/mol. The highest BCUT2D eigenvalue weighted by Gasteiger charge is 2.49. The van der Waals surface area contributed by atoms with Gasteiger partial charge >= 0.3 is 0 Å². The molecule has 0 atom stereocenters. The molecule has 0 amide bonds. The monoisotopic (exact) mass is 237 g/mol. The molecule has 4 heteroatoms. The van der Waals surface area contributed by atoms with Crippen LogP contribution in [0.2, 0.25) is 0 Å². The number of rotatable bonds is 1. The summed E-state index contributed by atoms with van der Waals surface area (Å²) >= 11 is 0. The van der Waals surface area contributed by atoms with Gasteiger partial charge in [-0.05, 0) is 33.8 Å². The van der Waals surface area contributed by atoms with E-state index in [2.05, 4.69) is 0 Å². The number of hydrogen-bond acceptors (Lipinski definition) is 3. The van der Waals surface area contributed by atoms with Crippen molar-refractivity contribution < 1.29 is 9.47 Å². The van der Waals surface area contributed by atoms with E-state index in [0.29, 0.717) is 0 Å². The zero-order valence-electron chi connectivity index (χ0n) is 11.0. The minimum atomic E-state index is -0.410. The molecule has 0 aliphatic carbocycles. The van der Waals surface area contributed by atoms with Crippen LogP contribution >= 0.6 is 0 Å². The van der Waals surface area contributed by atoms with Crippen LogP contribution in [-0.4, -0.2) is 15.8 Å². The largest absolute Gasteiger partial charge is 0.339 e. The second-order valence-corrected chi connectivity index (χ2v) is 5.50. The summed E-state index contributed by atoms with van der Waals surface area (Å²) < 4.78 is 13.3. The Morgan fingerprint density at radius 1 is 1.12 bits per heavy atom. The van der Waals surface area contributed by atoms with E-state index in [1.807, 2.05) is 27.7 Å². The Balaban J connectivity index is 2.32. The number of aryl methyl sites for hydroxylation is 1. The van der Waals surface area contributed by atoms with Crippen LogP contribution in [0.5, 0.6) is 0 Å². The van der Waals surface area contributed by atoms with E-state index < -0.39 is 6.29 Å². The summed E-state index contributed by atoms with van der Waals surface area (Å²) in [4.78, 5) is 11.3. The predicted octanol–water partition coefficient (Wildman–Crippen LogP) is 1.99. The average molecular weight is 237 g/mol. The molecule has 94 valence electrons. The van der Waals surface area contributed by atoms with Crippen LogP contribution in [0.25, 0.3) is 0 Å². The maximum Gasteiger partial charge on any atom is 0.250 e. The molecule has 1 saturated heterocycles. The van der Waals surface area contributed by atoms with E-state index in [0.717, 1.165) is 5.56 Å². The van der Waals surface area contributed by atoms with Crippen molar-refractivity contribution in [3.8, 4) is 0 Å². The molecule has 17 heavy (non-hydrogen) atoms. The topological polar surface area (TPSA) is 40.5 Å². The lowest BCUT2D eigenvalue weighted by Gasteiger charge is -2.30. The molecule has 0 spiro atoms. The molecule has 4 nitrogen and oxygen atoms in total. The fourth-order valence-corrected chi connectivity index (χ4v) is 1.73. The Morgan fingerprint density at radius 3 is 2.12 bits per heavy atom. The first-order chi connectivity index (χ1) is 7.73. The highest BCUT2D eigenvalue weighted by molar-refractivity contribution is 5.14. The van der Waals surface area contributed by atoms with Gasteiger partial charge < -0.3 is 14.0 Å². The quantitative estimate of drug-likeness (QED) is 0.750. The summed E-state index contributed by atoms with van der Waals surface area (Å²) in [5.41, 5.74) is 0.120. The van der Waals surface area contributed by atoms with E-state index in [1.54, 1.807) is 19.3 Å². The minimum Gasteiger partial charge on any atom is -0.339 e. The fraction of sp³-hybridized carbons (Fsp3) is 0.615. The first kappa shape index (κ1) is 12.3. The number of nitrogens with zero attached hydrogens (tertiary/aromatic N) is 1. The number of aromatic nitrogens is 1. The molecule has 1 aliphatic heterocycles. The highest BCUT2D eigenvalue weighted by atomic mass is 16.7. The van der Waals surface area contributed by atoms with Crippen LogP contribution in [0.4, 0.5) is 0 Å². The van der Waals surface area contributed by atoms with Crippen LogP contribution < -0.4 is 5.56 Å². The van der Waals surface area contributed by atoms with Gasteiger partial charge in [-0.15, -0.1) is 0 Å². The molecule has 2 rings (SSSR count). The van der Waals surface area contributed by atoms with Crippen molar-refractivity contribution in [2.24, 2.45) is 7.05 Å². The van der Waals surface area contributed by atoms with Gasteiger partial charge in [0.2, 0.25) is 5.56 Å². The Morgan fingerprint density at radius 2 is 1.65 bits per heavy atom. The lowest BCUT2D eigenvalue weighted by molar-refractivity contribution is -0.0899. The maximum atomic E-state index is 11.3. The van der Waals surface area contributed by atoms with Crippen LogP contribution in [0.15, 0.2) is 23.1 Å². The Bertz CT molecular complexity index is 472. The standard InChI is InChI=1S/C13H19NO3/c1-12(2)13(3,4)17-11(16-12)9-6-7-10(15)14(5)8-9/h6-8,11H,1-5H3. The van der Waals surface area contributed by atoms with Crippen LogP contribution in [0.1, 0.15) is 39.5 Å². The van der Waals surface area contributed by atoms with Crippen LogP contribution in [0.3, 0.4) is 0 Å². The molecule has 0 bridgehead atoms. The average Bonchev–Trinajstić information content (AvgIpc) is 2.41. The normalized spacial score (nSPS) is 22.9. The molecular formula is C13H19NO3. The Kier molecular flexibility index (Phi) is 2.67. The Hall–Kier alpha value is -1.13. The fourth-order valence-electron chi connectivity index (χ4n) is 1.73. The smallest absolute Gasteiger partial charge is 0.250 e.